The standard InChI is InChI=1S/C17H15N3O3/c1-20-13-5-3-2-4-12(13)16(19-20)17(21)18-11-6-7-14-15(10-11)23-9-8-22-14/h2-7,10H,8-9H2,1H3,(H,18,21). The first-order valence-electron chi connectivity index (χ1n) is 7.35. The van der Waals surface area contributed by atoms with Crippen LogP contribution in [0.4, 0.5) is 5.69 Å². The smallest absolute Gasteiger partial charge is 0.276 e. The lowest BCUT2D eigenvalue weighted by Crippen LogP contribution is -2.17. The van der Waals surface area contributed by atoms with Crippen LogP contribution in [-0.2, 0) is 7.05 Å². The Kier molecular flexibility index (Phi) is 3.15. The molecule has 0 fully saturated rings. The first kappa shape index (κ1) is 13.6. The van der Waals surface area contributed by atoms with Crippen LogP contribution < -0.4 is 14.8 Å². The fourth-order valence-electron chi connectivity index (χ4n) is 2.69. The van der Waals surface area contributed by atoms with Gasteiger partial charge in [0.1, 0.15) is 13.2 Å². The molecule has 4 rings (SSSR count). The van der Waals surface area contributed by atoms with Crippen LogP contribution in [0.15, 0.2) is 42.5 Å². The third-order valence-corrected chi connectivity index (χ3v) is 3.77. The molecule has 1 amide bonds. The molecule has 2 heterocycles. The second kappa shape index (κ2) is 5.31. The van der Waals surface area contributed by atoms with Crippen LogP contribution in [0.5, 0.6) is 11.5 Å². The summed E-state index contributed by atoms with van der Waals surface area (Å²) in [5.41, 5.74) is 1.96. The van der Waals surface area contributed by atoms with E-state index in [2.05, 4.69) is 10.4 Å². The molecule has 3 aromatic rings. The lowest BCUT2D eigenvalue weighted by Gasteiger charge is -2.18. The van der Waals surface area contributed by atoms with Gasteiger partial charge in [-0.2, -0.15) is 5.10 Å². The highest BCUT2D eigenvalue weighted by atomic mass is 16.6. The molecule has 1 aromatic heterocycles. The summed E-state index contributed by atoms with van der Waals surface area (Å²) in [6, 6.07) is 13.0. The highest BCUT2D eigenvalue weighted by Gasteiger charge is 2.17. The number of carbonyl (C=O) groups excluding carboxylic acids is 1. The first-order chi connectivity index (χ1) is 11.2. The molecule has 0 radical (unpaired) electrons. The first-order valence-corrected chi connectivity index (χ1v) is 7.35. The van der Waals surface area contributed by atoms with Gasteiger partial charge >= 0.3 is 0 Å². The number of rotatable bonds is 2. The Hall–Kier alpha value is -3.02. The highest BCUT2D eigenvalue weighted by Crippen LogP contribution is 2.32. The molecule has 0 bridgehead atoms. The van der Waals surface area contributed by atoms with E-state index < -0.39 is 0 Å². The van der Waals surface area contributed by atoms with Crippen molar-refractivity contribution in [3.05, 3.63) is 48.2 Å². The molecule has 2 aromatic carbocycles. The van der Waals surface area contributed by atoms with Crippen LogP contribution >= 0.6 is 0 Å². The fourth-order valence-corrected chi connectivity index (χ4v) is 2.69. The van der Waals surface area contributed by atoms with Gasteiger partial charge in [0.05, 0.1) is 5.52 Å². The highest BCUT2D eigenvalue weighted by molar-refractivity contribution is 6.11. The number of nitrogens with one attached hydrogen (secondary N) is 1. The Balaban J connectivity index is 1.64. The van der Waals surface area contributed by atoms with Crippen LogP contribution in [0.3, 0.4) is 0 Å². The minimum Gasteiger partial charge on any atom is -0.486 e. The molecule has 0 saturated heterocycles. The minimum absolute atomic E-state index is 0.251. The van der Waals surface area contributed by atoms with Crippen LogP contribution in [0, 0.1) is 0 Å². The largest absolute Gasteiger partial charge is 0.486 e. The van der Waals surface area contributed by atoms with E-state index >= 15 is 0 Å². The topological polar surface area (TPSA) is 65.4 Å². The Bertz CT molecular complexity index is 901. The number of benzene rings is 2. The van der Waals surface area contributed by atoms with E-state index in [1.165, 1.54) is 0 Å². The van der Waals surface area contributed by atoms with Gasteiger partial charge in [0.15, 0.2) is 17.2 Å². The summed E-state index contributed by atoms with van der Waals surface area (Å²) in [5.74, 6) is 1.08. The van der Waals surface area contributed by atoms with Gasteiger partial charge in [-0.25, -0.2) is 0 Å². The summed E-state index contributed by atoms with van der Waals surface area (Å²) in [6.07, 6.45) is 0. The molecule has 1 N–H and O–H groups in total. The Morgan fingerprint density at radius 3 is 2.78 bits per heavy atom. The third-order valence-electron chi connectivity index (χ3n) is 3.77. The average molecular weight is 309 g/mol. The van der Waals surface area contributed by atoms with E-state index in [0.717, 1.165) is 10.9 Å². The number of nitrogens with zero attached hydrogens (tertiary/aromatic N) is 2. The molecule has 6 heteroatoms. The van der Waals surface area contributed by atoms with Gasteiger partial charge in [-0.3, -0.25) is 9.48 Å². The molecule has 0 unspecified atom stereocenters. The summed E-state index contributed by atoms with van der Waals surface area (Å²) >= 11 is 0. The molecule has 0 aliphatic carbocycles. The number of para-hydroxylation sites is 1. The molecule has 0 saturated carbocycles. The molecule has 116 valence electrons. The monoisotopic (exact) mass is 309 g/mol. The number of amides is 1. The van der Waals surface area contributed by atoms with E-state index in [9.17, 15) is 4.79 Å². The second-order valence-electron chi connectivity index (χ2n) is 5.30. The third kappa shape index (κ3) is 2.38. The molecule has 23 heavy (non-hydrogen) atoms. The van der Waals surface area contributed by atoms with Gasteiger partial charge in [-0.05, 0) is 18.2 Å². The summed E-state index contributed by atoms with van der Waals surface area (Å²) < 4.78 is 12.7. The van der Waals surface area contributed by atoms with Crippen molar-refractivity contribution in [2.75, 3.05) is 18.5 Å². The summed E-state index contributed by atoms with van der Waals surface area (Å²) in [6.45, 7) is 1.05. The van der Waals surface area contributed by atoms with Crippen molar-refractivity contribution in [3.63, 3.8) is 0 Å². The number of fused-ring (bicyclic) bond motifs is 2. The minimum atomic E-state index is -0.251. The zero-order valence-corrected chi connectivity index (χ0v) is 12.6. The van der Waals surface area contributed by atoms with Gasteiger partial charge in [0.25, 0.3) is 5.91 Å². The number of aryl methyl sites for hydroxylation is 1. The lowest BCUT2D eigenvalue weighted by atomic mass is 10.2. The lowest BCUT2D eigenvalue weighted by molar-refractivity contribution is 0.102. The zero-order valence-electron chi connectivity index (χ0n) is 12.6. The van der Waals surface area contributed by atoms with Crippen LogP contribution in [0.2, 0.25) is 0 Å². The number of ether oxygens (including phenoxy) is 2. The van der Waals surface area contributed by atoms with Gasteiger partial charge in [0.2, 0.25) is 0 Å². The Morgan fingerprint density at radius 2 is 1.91 bits per heavy atom. The van der Waals surface area contributed by atoms with Crippen molar-refractivity contribution in [2.45, 2.75) is 0 Å². The van der Waals surface area contributed by atoms with Gasteiger partial charge in [0, 0.05) is 24.2 Å². The van der Waals surface area contributed by atoms with Crippen molar-refractivity contribution >= 4 is 22.5 Å². The van der Waals surface area contributed by atoms with E-state index in [-0.39, 0.29) is 5.91 Å². The number of hydrogen-bond donors (Lipinski definition) is 1. The van der Waals surface area contributed by atoms with Crippen molar-refractivity contribution in [3.8, 4) is 11.5 Å². The van der Waals surface area contributed by atoms with E-state index in [4.69, 9.17) is 9.47 Å². The molecule has 0 atom stereocenters. The molecule has 1 aliphatic rings. The van der Waals surface area contributed by atoms with Crippen molar-refractivity contribution in [2.24, 2.45) is 7.05 Å². The summed E-state index contributed by atoms with van der Waals surface area (Å²) in [4.78, 5) is 12.6. The van der Waals surface area contributed by atoms with Crippen LogP contribution in [0.1, 0.15) is 10.5 Å². The summed E-state index contributed by atoms with van der Waals surface area (Å²) in [5, 5.41) is 8.01. The van der Waals surface area contributed by atoms with E-state index in [1.807, 2.05) is 31.3 Å². The van der Waals surface area contributed by atoms with Gasteiger partial charge < -0.3 is 14.8 Å². The number of aromatic nitrogens is 2. The quantitative estimate of drug-likeness (QED) is 0.790. The molecule has 0 spiro atoms. The Labute approximate surface area is 132 Å². The van der Waals surface area contributed by atoms with Crippen molar-refractivity contribution in [1.82, 2.24) is 9.78 Å². The SMILES string of the molecule is Cn1nc(C(=O)Nc2ccc3c(c2)OCCO3)c2ccccc21. The molecular weight excluding hydrogens is 294 g/mol. The van der Waals surface area contributed by atoms with Gasteiger partial charge in [-0.1, -0.05) is 18.2 Å². The predicted molar refractivity (Wildman–Crippen MR) is 86.1 cm³/mol. The van der Waals surface area contributed by atoms with E-state index in [1.54, 1.807) is 22.9 Å². The van der Waals surface area contributed by atoms with E-state index in [0.29, 0.717) is 36.1 Å². The molecule has 6 nitrogen and oxygen atoms in total. The van der Waals surface area contributed by atoms with Gasteiger partial charge in [-0.15, -0.1) is 0 Å². The van der Waals surface area contributed by atoms with Crippen molar-refractivity contribution < 1.29 is 14.3 Å². The molecule has 1 aliphatic heterocycles. The maximum absolute atomic E-state index is 12.6. The van der Waals surface area contributed by atoms with Crippen molar-refractivity contribution in [1.29, 1.82) is 0 Å². The second-order valence-corrected chi connectivity index (χ2v) is 5.30. The summed E-state index contributed by atoms with van der Waals surface area (Å²) in [7, 11) is 1.82. The number of carbonyl (C=O) groups is 1. The average Bonchev–Trinajstić information content (AvgIpc) is 2.92. The number of anilines is 1. The molecular formula is C17H15N3O3. The van der Waals surface area contributed by atoms with Crippen LogP contribution in [-0.4, -0.2) is 28.9 Å². The van der Waals surface area contributed by atoms with Crippen LogP contribution in [0.25, 0.3) is 10.9 Å². The maximum Gasteiger partial charge on any atom is 0.276 e. The zero-order chi connectivity index (χ0) is 15.8. The fraction of sp³-hybridized carbons (Fsp3) is 0.176. The number of hydrogen-bond acceptors (Lipinski definition) is 4. The maximum atomic E-state index is 12.6. The Morgan fingerprint density at radius 1 is 1.13 bits per heavy atom. The predicted octanol–water partition coefficient (Wildman–Crippen LogP) is 2.60. The normalized spacial score (nSPS) is 13.1.